The van der Waals surface area contributed by atoms with Crippen molar-refractivity contribution in [3.8, 4) is 6.07 Å². The number of nitriles is 1. The van der Waals surface area contributed by atoms with Crippen molar-refractivity contribution in [1.29, 1.82) is 5.26 Å². The number of pyridine rings is 1. The average molecular weight is 280 g/mol. The van der Waals surface area contributed by atoms with E-state index in [2.05, 4.69) is 16.4 Å². The van der Waals surface area contributed by atoms with Gasteiger partial charge < -0.3 is 5.32 Å². The van der Waals surface area contributed by atoms with Crippen LogP contribution in [0.5, 0.6) is 0 Å². The topological polar surface area (TPSA) is 109 Å². The molecule has 19 heavy (non-hydrogen) atoms. The molecule has 1 aromatic heterocycles. The third-order valence-electron chi connectivity index (χ3n) is 3.10. The summed E-state index contributed by atoms with van der Waals surface area (Å²) in [5.41, 5.74) is 2.58. The van der Waals surface area contributed by atoms with Crippen LogP contribution in [0.3, 0.4) is 0 Å². The van der Waals surface area contributed by atoms with Crippen LogP contribution in [0.2, 0.25) is 0 Å². The highest BCUT2D eigenvalue weighted by Crippen LogP contribution is 2.24. The predicted octanol–water partition coefficient (Wildman–Crippen LogP) is 0.532. The van der Waals surface area contributed by atoms with Gasteiger partial charge in [-0.25, -0.2) is 18.5 Å². The Morgan fingerprint density at radius 3 is 2.84 bits per heavy atom. The number of hydrogen-bond acceptors (Lipinski definition) is 5. The van der Waals surface area contributed by atoms with E-state index >= 15 is 0 Å². The van der Waals surface area contributed by atoms with Gasteiger partial charge in [0.05, 0.1) is 11.3 Å². The SMILES string of the molecule is N#Cc1cc2c(nc1NCCS(N)(=O)=O)CCCC2. The molecule has 1 aromatic rings. The van der Waals surface area contributed by atoms with Crippen LogP contribution >= 0.6 is 0 Å². The highest BCUT2D eigenvalue weighted by atomic mass is 32.2. The molecule has 0 aromatic carbocycles. The van der Waals surface area contributed by atoms with Crippen LogP contribution in [0.4, 0.5) is 5.82 Å². The van der Waals surface area contributed by atoms with Crippen molar-refractivity contribution < 1.29 is 8.42 Å². The Bertz CT molecular complexity index is 619. The van der Waals surface area contributed by atoms with E-state index in [0.717, 1.165) is 36.9 Å². The number of aromatic nitrogens is 1. The smallest absolute Gasteiger partial charge is 0.210 e. The summed E-state index contributed by atoms with van der Waals surface area (Å²) in [4.78, 5) is 4.43. The molecule has 0 bridgehead atoms. The lowest BCUT2D eigenvalue weighted by atomic mass is 9.95. The first kappa shape index (κ1) is 13.8. The van der Waals surface area contributed by atoms with Gasteiger partial charge >= 0.3 is 0 Å². The number of fused-ring (bicyclic) bond motifs is 1. The summed E-state index contributed by atoms with van der Waals surface area (Å²) in [6.07, 6.45) is 4.08. The van der Waals surface area contributed by atoms with Crippen molar-refractivity contribution in [2.75, 3.05) is 17.6 Å². The van der Waals surface area contributed by atoms with E-state index < -0.39 is 10.0 Å². The van der Waals surface area contributed by atoms with Crippen LogP contribution in [-0.2, 0) is 22.9 Å². The molecule has 0 fully saturated rings. The monoisotopic (exact) mass is 280 g/mol. The number of nitrogens with one attached hydrogen (secondary N) is 1. The van der Waals surface area contributed by atoms with Crippen molar-refractivity contribution in [2.24, 2.45) is 5.14 Å². The lowest BCUT2D eigenvalue weighted by molar-refractivity contribution is 0.598. The number of anilines is 1. The summed E-state index contributed by atoms with van der Waals surface area (Å²) in [6.45, 7) is 0.152. The fourth-order valence-corrected chi connectivity index (χ4v) is 2.55. The van der Waals surface area contributed by atoms with Crippen LogP contribution in [-0.4, -0.2) is 25.7 Å². The van der Waals surface area contributed by atoms with Gasteiger partial charge in [0.15, 0.2) is 0 Å². The molecule has 7 heteroatoms. The van der Waals surface area contributed by atoms with Crippen LogP contribution in [0.25, 0.3) is 0 Å². The maximum atomic E-state index is 10.9. The third-order valence-corrected chi connectivity index (χ3v) is 3.87. The van der Waals surface area contributed by atoms with Crippen LogP contribution in [0.15, 0.2) is 6.07 Å². The summed E-state index contributed by atoms with van der Waals surface area (Å²) < 4.78 is 21.7. The summed E-state index contributed by atoms with van der Waals surface area (Å²) in [7, 11) is -3.50. The standard InChI is InChI=1S/C12H16N4O2S/c13-8-10-7-9-3-1-2-4-11(9)16-12(10)15-5-6-19(14,17)18/h7H,1-6H2,(H,15,16)(H2,14,17,18). The Morgan fingerprint density at radius 2 is 2.16 bits per heavy atom. The molecule has 0 aliphatic heterocycles. The predicted molar refractivity (Wildman–Crippen MR) is 72.1 cm³/mol. The fourth-order valence-electron chi connectivity index (χ4n) is 2.17. The first-order chi connectivity index (χ1) is 8.99. The zero-order valence-corrected chi connectivity index (χ0v) is 11.3. The third kappa shape index (κ3) is 3.66. The molecule has 1 aliphatic rings. The highest BCUT2D eigenvalue weighted by molar-refractivity contribution is 7.89. The van der Waals surface area contributed by atoms with Gasteiger partial charge in [-0.3, -0.25) is 0 Å². The molecule has 0 unspecified atom stereocenters. The van der Waals surface area contributed by atoms with Gasteiger partial charge in [-0.05, 0) is 37.3 Å². The molecule has 1 aliphatic carbocycles. The molecule has 1 heterocycles. The second-order valence-electron chi connectivity index (χ2n) is 4.60. The lowest BCUT2D eigenvalue weighted by Gasteiger charge is -2.17. The number of aryl methyl sites for hydroxylation is 2. The number of nitrogens with two attached hydrogens (primary N) is 1. The molecular weight excluding hydrogens is 264 g/mol. The number of primary sulfonamides is 1. The Labute approximate surface area is 112 Å². The summed E-state index contributed by atoms with van der Waals surface area (Å²) >= 11 is 0. The number of hydrogen-bond donors (Lipinski definition) is 2. The Hall–Kier alpha value is -1.65. The Kier molecular flexibility index (Phi) is 4.02. The van der Waals surface area contributed by atoms with Gasteiger partial charge in [-0.15, -0.1) is 0 Å². The molecule has 2 rings (SSSR count). The first-order valence-electron chi connectivity index (χ1n) is 6.17. The second-order valence-corrected chi connectivity index (χ2v) is 6.34. The van der Waals surface area contributed by atoms with E-state index in [9.17, 15) is 8.42 Å². The molecular formula is C12H16N4O2S. The number of nitrogens with zero attached hydrogens (tertiary/aromatic N) is 2. The van der Waals surface area contributed by atoms with E-state index in [1.807, 2.05) is 6.07 Å². The lowest BCUT2D eigenvalue weighted by Crippen LogP contribution is -2.23. The first-order valence-corrected chi connectivity index (χ1v) is 7.88. The second kappa shape index (κ2) is 5.55. The van der Waals surface area contributed by atoms with Gasteiger partial charge in [-0.2, -0.15) is 5.26 Å². The van der Waals surface area contributed by atoms with Crippen molar-refractivity contribution in [1.82, 2.24) is 4.98 Å². The van der Waals surface area contributed by atoms with Gasteiger partial charge in [0.25, 0.3) is 0 Å². The minimum Gasteiger partial charge on any atom is -0.368 e. The Morgan fingerprint density at radius 1 is 1.42 bits per heavy atom. The van der Waals surface area contributed by atoms with Gasteiger partial charge in [0, 0.05) is 12.2 Å². The van der Waals surface area contributed by atoms with Crippen LogP contribution < -0.4 is 10.5 Å². The largest absolute Gasteiger partial charge is 0.368 e. The van der Waals surface area contributed by atoms with Crippen molar-refractivity contribution in [3.63, 3.8) is 0 Å². The van der Waals surface area contributed by atoms with E-state index in [1.165, 1.54) is 0 Å². The van der Waals surface area contributed by atoms with Crippen molar-refractivity contribution in [2.45, 2.75) is 25.7 Å². The highest BCUT2D eigenvalue weighted by Gasteiger charge is 2.15. The fraction of sp³-hybridized carbons (Fsp3) is 0.500. The average Bonchev–Trinajstić information content (AvgIpc) is 2.36. The molecule has 0 saturated heterocycles. The van der Waals surface area contributed by atoms with E-state index in [4.69, 9.17) is 10.4 Å². The maximum Gasteiger partial charge on any atom is 0.210 e. The van der Waals surface area contributed by atoms with E-state index in [0.29, 0.717) is 11.4 Å². The van der Waals surface area contributed by atoms with E-state index in [-0.39, 0.29) is 12.3 Å². The van der Waals surface area contributed by atoms with E-state index in [1.54, 1.807) is 0 Å². The minimum absolute atomic E-state index is 0.152. The number of sulfonamides is 1. The van der Waals surface area contributed by atoms with Gasteiger partial charge in [0.1, 0.15) is 11.9 Å². The van der Waals surface area contributed by atoms with Crippen LogP contribution in [0.1, 0.15) is 29.7 Å². The molecule has 0 radical (unpaired) electrons. The van der Waals surface area contributed by atoms with Crippen molar-refractivity contribution in [3.05, 3.63) is 22.9 Å². The zero-order valence-electron chi connectivity index (χ0n) is 10.5. The van der Waals surface area contributed by atoms with Crippen LogP contribution in [0, 0.1) is 11.3 Å². The quantitative estimate of drug-likeness (QED) is 0.836. The molecule has 0 spiro atoms. The molecule has 6 nitrogen and oxygen atoms in total. The molecule has 3 N–H and O–H groups in total. The molecule has 0 amide bonds. The molecule has 0 atom stereocenters. The summed E-state index contributed by atoms with van der Waals surface area (Å²) in [5, 5.41) is 16.9. The van der Waals surface area contributed by atoms with Crippen molar-refractivity contribution >= 4 is 15.8 Å². The molecule has 0 saturated carbocycles. The summed E-state index contributed by atoms with van der Waals surface area (Å²) in [6, 6.07) is 3.94. The van der Waals surface area contributed by atoms with Gasteiger partial charge in [0.2, 0.25) is 10.0 Å². The zero-order chi connectivity index (χ0) is 13.9. The number of rotatable bonds is 4. The molecule has 102 valence electrons. The minimum atomic E-state index is -3.50. The summed E-state index contributed by atoms with van der Waals surface area (Å²) in [5.74, 6) is 0.267. The Balaban J connectivity index is 2.17. The van der Waals surface area contributed by atoms with Gasteiger partial charge in [-0.1, -0.05) is 0 Å². The normalized spacial score (nSPS) is 14.5. The maximum absolute atomic E-state index is 10.9.